The summed E-state index contributed by atoms with van der Waals surface area (Å²) in [5, 5.41) is 11.3. The van der Waals surface area contributed by atoms with Gasteiger partial charge in [-0.05, 0) is 32.4 Å². The minimum absolute atomic E-state index is 0.0309. The van der Waals surface area contributed by atoms with Gasteiger partial charge in [0.25, 0.3) is 0 Å². The Morgan fingerprint density at radius 1 is 1.36 bits per heavy atom. The molecule has 0 radical (unpaired) electrons. The van der Waals surface area contributed by atoms with E-state index in [0.717, 1.165) is 6.20 Å². The normalized spacial score (nSPS) is 24.4. The quantitative estimate of drug-likeness (QED) is 0.330. The number of alkyl halides is 3. The molecule has 3 atom stereocenters. The number of nitrogens with zero attached hydrogens (tertiary/aromatic N) is 6. The molecule has 196 valence electrons. The summed E-state index contributed by atoms with van der Waals surface area (Å²) < 4.78 is 39.6. The number of piperazine rings is 1. The molecule has 36 heavy (non-hydrogen) atoms. The average Bonchev–Trinajstić information content (AvgIpc) is 2.84. The fourth-order valence-corrected chi connectivity index (χ4v) is 3.94. The van der Waals surface area contributed by atoms with E-state index >= 15 is 0 Å². The zero-order chi connectivity index (χ0) is 26.9. The van der Waals surface area contributed by atoms with E-state index in [4.69, 9.17) is 16.1 Å². The molecule has 0 aromatic rings. The summed E-state index contributed by atoms with van der Waals surface area (Å²) in [5.74, 6) is 0.836. The fraction of sp³-hybridized carbons (Fsp3) is 0.458. The molecule has 4 N–H and O–H groups in total. The van der Waals surface area contributed by atoms with Crippen LogP contribution in [0.4, 0.5) is 13.2 Å². The second-order valence-electron chi connectivity index (χ2n) is 8.65. The van der Waals surface area contributed by atoms with E-state index in [9.17, 15) is 13.2 Å². The Balaban J connectivity index is 2.45. The standard InChI is InChI=1S/C24H34F3N9/c1-16(2)20-14-36(17(3)23(34-20)18(10-28)11-29)22(6-7-30-4)33-13-19(12-31-5)35-9-8-32-21(15-35)24(25,26)27/h6-8,10-12,15-17,20,23,28,34H,4-5,9,13-14,29H2,1-3H3/b7-6-,18-11+,19-12-,28-10?,33-22?. The highest BCUT2D eigenvalue weighted by atomic mass is 19.4. The van der Waals surface area contributed by atoms with E-state index in [1.54, 1.807) is 6.08 Å². The van der Waals surface area contributed by atoms with Crippen LogP contribution in [0.3, 0.4) is 0 Å². The number of hydrogen-bond acceptors (Lipinski definition) is 8. The summed E-state index contributed by atoms with van der Waals surface area (Å²) in [6, 6.07) is -0.311. The van der Waals surface area contributed by atoms with Crippen molar-refractivity contribution in [1.29, 1.82) is 5.41 Å². The third-order valence-corrected chi connectivity index (χ3v) is 6.00. The van der Waals surface area contributed by atoms with Crippen LogP contribution < -0.4 is 11.1 Å². The maximum absolute atomic E-state index is 13.2. The van der Waals surface area contributed by atoms with Gasteiger partial charge >= 0.3 is 6.18 Å². The first kappa shape index (κ1) is 28.7. The number of nitrogens with two attached hydrogens (primary N) is 1. The molecular formula is C24H34F3N9. The first-order valence-electron chi connectivity index (χ1n) is 11.4. The minimum Gasteiger partial charge on any atom is -0.404 e. The second-order valence-corrected chi connectivity index (χ2v) is 8.65. The van der Waals surface area contributed by atoms with Crippen LogP contribution in [0.25, 0.3) is 0 Å². The van der Waals surface area contributed by atoms with Crippen LogP contribution >= 0.6 is 0 Å². The van der Waals surface area contributed by atoms with E-state index in [2.05, 4.69) is 52.5 Å². The summed E-state index contributed by atoms with van der Waals surface area (Å²) in [6.45, 7) is 13.9. The molecular weight excluding hydrogens is 471 g/mol. The fourth-order valence-electron chi connectivity index (χ4n) is 3.94. The molecule has 9 nitrogen and oxygen atoms in total. The lowest BCUT2D eigenvalue weighted by Gasteiger charge is -2.46. The topological polar surface area (TPSA) is 118 Å². The van der Waals surface area contributed by atoms with E-state index < -0.39 is 11.9 Å². The molecule has 2 aliphatic heterocycles. The molecule has 2 aliphatic rings. The Kier molecular flexibility index (Phi) is 10.3. The second kappa shape index (κ2) is 13.0. The maximum atomic E-state index is 13.2. The number of halogens is 3. The first-order valence-corrected chi connectivity index (χ1v) is 11.4. The highest BCUT2D eigenvalue weighted by Crippen LogP contribution is 2.29. The number of hydrogen-bond donors (Lipinski definition) is 3. The van der Waals surface area contributed by atoms with Crippen molar-refractivity contribution in [2.75, 3.05) is 19.6 Å². The zero-order valence-corrected chi connectivity index (χ0v) is 20.8. The summed E-state index contributed by atoms with van der Waals surface area (Å²) in [5.41, 5.74) is 5.84. The number of rotatable bonds is 9. The molecule has 2 rings (SSSR count). The Morgan fingerprint density at radius 3 is 2.64 bits per heavy atom. The maximum Gasteiger partial charge on any atom is 0.434 e. The molecule has 2 heterocycles. The number of amidine groups is 1. The van der Waals surface area contributed by atoms with Crippen molar-refractivity contribution in [3.05, 3.63) is 47.8 Å². The SMILES string of the molecule is C=N/C=C\C(=NC/C(=C/N=C)N1C=C(C(F)(F)F)N=CC1)N1CC(C(C)C)NC(/C(C=N)=C/N)C1C. The number of aliphatic imine (C=N–C) groups is 4. The largest absolute Gasteiger partial charge is 0.434 e. The molecule has 0 saturated carbocycles. The van der Waals surface area contributed by atoms with Gasteiger partial charge in [0.05, 0.1) is 24.8 Å². The molecule has 12 heteroatoms. The van der Waals surface area contributed by atoms with Crippen molar-refractivity contribution in [1.82, 2.24) is 15.1 Å². The summed E-state index contributed by atoms with van der Waals surface area (Å²) in [6.07, 6.45) is 4.79. The van der Waals surface area contributed by atoms with Crippen LogP contribution in [0.5, 0.6) is 0 Å². The Bertz CT molecular complexity index is 989. The van der Waals surface area contributed by atoms with E-state index in [-0.39, 0.29) is 37.1 Å². The molecule has 3 unspecified atom stereocenters. The van der Waals surface area contributed by atoms with Gasteiger partial charge in [-0.15, -0.1) is 0 Å². The van der Waals surface area contributed by atoms with E-state index in [1.807, 2.05) is 6.92 Å². The zero-order valence-electron chi connectivity index (χ0n) is 20.8. The average molecular weight is 506 g/mol. The van der Waals surface area contributed by atoms with Crippen molar-refractivity contribution in [2.24, 2.45) is 31.6 Å². The van der Waals surface area contributed by atoms with Gasteiger partial charge in [-0.2, -0.15) is 13.2 Å². The van der Waals surface area contributed by atoms with Gasteiger partial charge in [0, 0.05) is 61.4 Å². The molecule has 0 aromatic carbocycles. The van der Waals surface area contributed by atoms with Crippen molar-refractivity contribution >= 4 is 31.7 Å². The first-order chi connectivity index (χ1) is 17.1. The molecule has 0 bridgehead atoms. The number of nitrogens with one attached hydrogen (secondary N) is 2. The van der Waals surface area contributed by atoms with Crippen molar-refractivity contribution in [3.63, 3.8) is 0 Å². The molecule has 0 spiro atoms. The Labute approximate surface area is 210 Å². The van der Waals surface area contributed by atoms with Crippen LogP contribution in [0.15, 0.2) is 67.8 Å². The van der Waals surface area contributed by atoms with Crippen LogP contribution in [-0.4, -0.2) is 85.4 Å². The Morgan fingerprint density at radius 2 is 2.08 bits per heavy atom. The summed E-state index contributed by atoms with van der Waals surface area (Å²) >= 11 is 0. The van der Waals surface area contributed by atoms with Gasteiger partial charge in [-0.25, -0.2) is 0 Å². The highest BCUT2D eigenvalue weighted by Gasteiger charge is 2.37. The van der Waals surface area contributed by atoms with Crippen molar-refractivity contribution < 1.29 is 13.2 Å². The van der Waals surface area contributed by atoms with Crippen LogP contribution in [0.2, 0.25) is 0 Å². The van der Waals surface area contributed by atoms with E-state index in [1.165, 1.54) is 35.9 Å². The monoisotopic (exact) mass is 505 g/mol. The summed E-state index contributed by atoms with van der Waals surface area (Å²) in [7, 11) is 0. The summed E-state index contributed by atoms with van der Waals surface area (Å²) in [4.78, 5) is 19.2. The van der Waals surface area contributed by atoms with Crippen LogP contribution in [0, 0.1) is 11.3 Å². The molecule has 1 fully saturated rings. The van der Waals surface area contributed by atoms with Gasteiger partial charge in [0.15, 0.2) is 5.70 Å². The molecule has 1 saturated heterocycles. The lowest BCUT2D eigenvalue weighted by molar-refractivity contribution is -0.0935. The third-order valence-electron chi connectivity index (χ3n) is 6.00. The van der Waals surface area contributed by atoms with Crippen molar-refractivity contribution in [2.45, 2.75) is 45.1 Å². The van der Waals surface area contributed by atoms with Gasteiger partial charge in [-0.3, -0.25) is 20.0 Å². The lowest BCUT2D eigenvalue weighted by Crippen LogP contribution is -2.64. The smallest absolute Gasteiger partial charge is 0.404 e. The number of allylic oxidation sites excluding steroid dienone is 1. The Hall–Kier alpha value is -3.54. The van der Waals surface area contributed by atoms with Crippen LogP contribution in [0.1, 0.15) is 20.8 Å². The lowest BCUT2D eigenvalue weighted by atomic mass is 9.91. The van der Waals surface area contributed by atoms with Gasteiger partial charge in [0.2, 0.25) is 0 Å². The molecule has 0 amide bonds. The minimum atomic E-state index is -4.57. The highest BCUT2D eigenvalue weighted by molar-refractivity contribution is 5.93. The van der Waals surface area contributed by atoms with Crippen LogP contribution in [-0.2, 0) is 0 Å². The van der Waals surface area contributed by atoms with Gasteiger partial charge in [-0.1, -0.05) is 13.8 Å². The van der Waals surface area contributed by atoms with Crippen molar-refractivity contribution in [3.8, 4) is 0 Å². The molecule has 0 aliphatic carbocycles. The predicted molar refractivity (Wildman–Crippen MR) is 141 cm³/mol. The van der Waals surface area contributed by atoms with E-state index in [0.29, 0.717) is 23.7 Å². The van der Waals surface area contributed by atoms with Gasteiger partial charge < -0.3 is 26.3 Å². The van der Waals surface area contributed by atoms with Gasteiger partial charge in [0.1, 0.15) is 5.84 Å². The third kappa shape index (κ3) is 7.23. The molecule has 0 aromatic heterocycles. The predicted octanol–water partition coefficient (Wildman–Crippen LogP) is 3.11.